The van der Waals surface area contributed by atoms with Gasteiger partial charge in [0.15, 0.2) is 0 Å². The molecule has 0 aliphatic carbocycles. The number of likely N-dealkylation sites (N-methyl/N-ethyl adjacent to an activating group) is 1. The van der Waals surface area contributed by atoms with Gasteiger partial charge < -0.3 is 10.0 Å². The normalized spacial score (nSPS) is 14.7. The number of hydrogen-bond donors (Lipinski definition) is 1. The standard InChI is InChI=1S/C14H20N2O2/c1-15(9-10-17)11-14(18)16-8-4-6-12-5-2-3-7-13(12)16/h2-3,5,7,17H,4,6,8-11H2,1H3. The van der Waals surface area contributed by atoms with E-state index in [1.54, 1.807) is 0 Å². The number of benzene rings is 1. The van der Waals surface area contributed by atoms with Crippen molar-refractivity contribution in [1.29, 1.82) is 0 Å². The van der Waals surface area contributed by atoms with Gasteiger partial charge in [-0.3, -0.25) is 9.69 Å². The molecule has 0 radical (unpaired) electrons. The summed E-state index contributed by atoms with van der Waals surface area (Å²) in [6.07, 6.45) is 2.07. The molecule has 0 aromatic heterocycles. The van der Waals surface area contributed by atoms with Crippen molar-refractivity contribution < 1.29 is 9.90 Å². The van der Waals surface area contributed by atoms with Crippen molar-refractivity contribution in [3.8, 4) is 0 Å². The molecule has 1 heterocycles. The number of aryl methyl sites for hydroxylation is 1. The van der Waals surface area contributed by atoms with Crippen molar-refractivity contribution in [3.63, 3.8) is 0 Å². The molecule has 1 N–H and O–H groups in total. The minimum Gasteiger partial charge on any atom is -0.395 e. The molecule has 4 nitrogen and oxygen atoms in total. The van der Waals surface area contributed by atoms with Crippen LogP contribution < -0.4 is 4.90 Å². The average molecular weight is 248 g/mol. The molecule has 1 aromatic rings. The maximum Gasteiger partial charge on any atom is 0.241 e. The zero-order chi connectivity index (χ0) is 13.0. The first-order valence-corrected chi connectivity index (χ1v) is 6.40. The van der Waals surface area contributed by atoms with Crippen LogP contribution in [-0.4, -0.2) is 49.2 Å². The van der Waals surface area contributed by atoms with Gasteiger partial charge in [-0.1, -0.05) is 18.2 Å². The van der Waals surface area contributed by atoms with Gasteiger partial charge in [0.25, 0.3) is 0 Å². The van der Waals surface area contributed by atoms with Crippen LogP contribution in [0.3, 0.4) is 0 Å². The molecule has 0 saturated carbocycles. The van der Waals surface area contributed by atoms with E-state index in [9.17, 15) is 4.79 Å². The molecule has 0 bridgehead atoms. The number of carbonyl (C=O) groups excluding carboxylic acids is 1. The van der Waals surface area contributed by atoms with Crippen LogP contribution in [0.25, 0.3) is 0 Å². The van der Waals surface area contributed by atoms with Crippen LogP contribution in [-0.2, 0) is 11.2 Å². The summed E-state index contributed by atoms with van der Waals surface area (Å²) >= 11 is 0. The lowest BCUT2D eigenvalue weighted by molar-refractivity contribution is -0.119. The van der Waals surface area contributed by atoms with E-state index in [1.807, 2.05) is 35.0 Å². The maximum atomic E-state index is 12.2. The molecule has 0 spiro atoms. The quantitative estimate of drug-likeness (QED) is 0.860. The Balaban J connectivity index is 2.08. The third-order valence-electron chi connectivity index (χ3n) is 3.30. The monoisotopic (exact) mass is 248 g/mol. The van der Waals surface area contributed by atoms with Gasteiger partial charge in [0.05, 0.1) is 13.2 Å². The SMILES string of the molecule is CN(CCO)CC(=O)N1CCCc2ccccc21. The zero-order valence-corrected chi connectivity index (χ0v) is 10.8. The van der Waals surface area contributed by atoms with Gasteiger partial charge in [-0.05, 0) is 31.5 Å². The van der Waals surface area contributed by atoms with E-state index < -0.39 is 0 Å². The van der Waals surface area contributed by atoms with E-state index in [1.165, 1.54) is 5.56 Å². The summed E-state index contributed by atoms with van der Waals surface area (Å²) < 4.78 is 0. The molecule has 1 aliphatic heterocycles. The highest BCUT2D eigenvalue weighted by atomic mass is 16.3. The number of amides is 1. The predicted octanol–water partition coefficient (Wildman–Crippen LogP) is 0.890. The lowest BCUT2D eigenvalue weighted by Crippen LogP contribution is -2.42. The number of anilines is 1. The second-order valence-electron chi connectivity index (χ2n) is 4.74. The molecule has 0 fully saturated rings. The molecular weight excluding hydrogens is 228 g/mol. The van der Waals surface area contributed by atoms with Gasteiger partial charge in [-0.2, -0.15) is 0 Å². The van der Waals surface area contributed by atoms with E-state index in [0.29, 0.717) is 13.1 Å². The molecular formula is C14H20N2O2. The molecule has 4 heteroatoms. The van der Waals surface area contributed by atoms with Crippen LogP contribution in [0.15, 0.2) is 24.3 Å². The maximum absolute atomic E-state index is 12.2. The van der Waals surface area contributed by atoms with E-state index in [0.717, 1.165) is 25.1 Å². The molecule has 1 aromatic carbocycles. The third-order valence-corrected chi connectivity index (χ3v) is 3.30. The fourth-order valence-corrected chi connectivity index (χ4v) is 2.36. The number of aliphatic hydroxyl groups is 1. The highest BCUT2D eigenvalue weighted by molar-refractivity contribution is 5.95. The highest BCUT2D eigenvalue weighted by Crippen LogP contribution is 2.26. The Morgan fingerprint density at radius 3 is 3.00 bits per heavy atom. The Morgan fingerprint density at radius 1 is 1.44 bits per heavy atom. The number of fused-ring (bicyclic) bond motifs is 1. The topological polar surface area (TPSA) is 43.8 Å². The second kappa shape index (κ2) is 5.98. The fourth-order valence-electron chi connectivity index (χ4n) is 2.36. The first-order chi connectivity index (χ1) is 8.72. The summed E-state index contributed by atoms with van der Waals surface area (Å²) in [6, 6.07) is 8.09. The Kier molecular flexibility index (Phi) is 4.33. The van der Waals surface area contributed by atoms with Crippen molar-refractivity contribution >= 4 is 11.6 Å². The minimum absolute atomic E-state index is 0.0837. The Labute approximate surface area is 108 Å². The van der Waals surface area contributed by atoms with Crippen LogP contribution in [0.2, 0.25) is 0 Å². The van der Waals surface area contributed by atoms with Gasteiger partial charge >= 0.3 is 0 Å². The Bertz CT molecular complexity index is 420. The highest BCUT2D eigenvalue weighted by Gasteiger charge is 2.22. The van der Waals surface area contributed by atoms with Gasteiger partial charge in [-0.25, -0.2) is 0 Å². The molecule has 2 rings (SSSR count). The number of rotatable bonds is 4. The summed E-state index contributed by atoms with van der Waals surface area (Å²) in [4.78, 5) is 16.0. The lowest BCUT2D eigenvalue weighted by Gasteiger charge is -2.30. The Morgan fingerprint density at radius 2 is 2.22 bits per heavy atom. The zero-order valence-electron chi connectivity index (χ0n) is 10.8. The summed E-state index contributed by atoms with van der Waals surface area (Å²) in [7, 11) is 1.85. The summed E-state index contributed by atoms with van der Waals surface area (Å²) in [5.74, 6) is 0.109. The number of hydrogen-bond acceptors (Lipinski definition) is 3. The van der Waals surface area contributed by atoms with Crippen molar-refractivity contribution in [2.24, 2.45) is 0 Å². The van der Waals surface area contributed by atoms with Gasteiger partial charge in [0.1, 0.15) is 0 Å². The summed E-state index contributed by atoms with van der Waals surface area (Å²) in [5, 5.41) is 8.85. The molecule has 1 aliphatic rings. The van der Waals surface area contributed by atoms with Crippen molar-refractivity contribution in [2.75, 3.05) is 38.2 Å². The first kappa shape index (κ1) is 13.1. The van der Waals surface area contributed by atoms with Gasteiger partial charge in [0.2, 0.25) is 5.91 Å². The predicted molar refractivity (Wildman–Crippen MR) is 71.7 cm³/mol. The van der Waals surface area contributed by atoms with Crippen molar-refractivity contribution in [3.05, 3.63) is 29.8 Å². The largest absolute Gasteiger partial charge is 0.395 e. The number of para-hydroxylation sites is 1. The second-order valence-corrected chi connectivity index (χ2v) is 4.74. The van der Waals surface area contributed by atoms with Crippen LogP contribution in [0.4, 0.5) is 5.69 Å². The van der Waals surface area contributed by atoms with Crippen LogP contribution in [0, 0.1) is 0 Å². The smallest absolute Gasteiger partial charge is 0.241 e. The average Bonchev–Trinajstić information content (AvgIpc) is 2.38. The molecule has 0 saturated heterocycles. The van der Waals surface area contributed by atoms with E-state index in [-0.39, 0.29) is 12.5 Å². The van der Waals surface area contributed by atoms with Crippen LogP contribution in [0.1, 0.15) is 12.0 Å². The van der Waals surface area contributed by atoms with Crippen LogP contribution in [0.5, 0.6) is 0 Å². The number of carbonyl (C=O) groups is 1. The molecule has 0 atom stereocenters. The Hall–Kier alpha value is -1.39. The molecule has 1 amide bonds. The molecule has 18 heavy (non-hydrogen) atoms. The van der Waals surface area contributed by atoms with E-state index >= 15 is 0 Å². The fraction of sp³-hybridized carbons (Fsp3) is 0.500. The number of nitrogens with zero attached hydrogens (tertiary/aromatic N) is 2. The van der Waals surface area contributed by atoms with Crippen molar-refractivity contribution in [1.82, 2.24) is 4.90 Å². The van der Waals surface area contributed by atoms with Crippen LogP contribution >= 0.6 is 0 Å². The van der Waals surface area contributed by atoms with Gasteiger partial charge in [0, 0.05) is 18.8 Å². The molecule has 98 valence electrons. The first-order valence-electron chi connectivity index (χ1n) is 6.40. The van der Waals surface area contributed by atoms with E-state index in [2.05, 4.69) is 6.07 Å². The molecule has 0 unspecified atom stereocenters. The van der Waals surface area contributed by atoms with E-state index in [4.69, 9.17) is 5.11 Å². The minimum atomic E-state index is 0.0837. The lowest BCUT2D eigenvalue weighted by atomic mass is 10.0. The summed E-state index contributed by atoms with van der Waals surface area (Å²) in [5.41, 5.74) is 2.30. The number of aliphatic hydroxyl groups excluding tert-OH is 1. The van der Waals surface area contributed by atoms with Crippen molar-refractivity contribution in [2.45, 2.75) is 12.8 Å². The summed E-state index contributed by atoms with van der Waals surface area (Å²) in [6.45, 7) is 1.76. The van der Waals surface area contributed by atoms with Gasteiger partial charge in [-0.15, -0.1) is 0 Å². The third kappa shape index (κ3) is 2.89.